The van der Waals surface area contributed by atoms with E-state index >= 15 is 0 Å². The summed E-state index contributed by atoms with van der Waals surface area (Å²) >= 11 is 3.04. The molecule has 0 fully saturated rings. The number of hydrogen-bond acceptors (Lipinski definition) is 5. The van der Waals surface area contributed by atoms with Crippen LogP contribution in [0.3, 0.4) is 0 Å². The number of thioether (sulfide) groups is 1. The van der Waals surface area contributed by atoms with Gasteiger partial charge in [0.2, 0.25) is 5.91 Å². The molecule has 0 atom stereocenters. The normalized spacial score (nSPS) is 10.8. The van der Waals surface area contributed by atoms with Crippen LogP contribution in [0.15, 0.2) is 77.3 Å². The highest BCUT2D eigenvalue weighted by Gasteiger charge is 2.08. The second kappa shape index (κ2) is 7.68. The Bertz CT molecular complexity index is 997. The van der Waals surface area contributed by atoms with Crippen molar-refractivity contribution in [2.24, 2.45) is 0 Å². The standard InChI is InChI=1S/C20H15N3OS2/c24-19(13-25-20-22-16-8-4-5-9-17(16)26-20)23-18-11-10-15(12-21-18)14-6-2-1-3-7-14/h1-12H,13H2,(H,21,23,24). The SMILES string of the molecule is O=C(CSc1nc2ccccc2s1)Nc1ccc(-c2ccccc2)cn1. The number of amides is 1. The molecular weight excluding hydrogens is 362 g/mol. The van der Waals surface area contributed by atoms with Crippen molar-refractivity contribution in [3.63, 3.8) is 0 Å². The van der Waals surface area contributed by atoms with Crippen molar-refractivity contribution >= 4 is 45.0 Å². The summed E-state index contributed by atoms with van der Waals surface area (Å²) in [6, 6.07) is 21.8. The van der Waals surface area contributed by atoms with Gasteiger partial charge in [-0.3, -0.25) is 4.79 Å². The van der Waals surface area contributed by atoms with Crippen molar-refractivity contribution in [1.29, 1.82) is 0 Å². The molecule has 0 aliphatic rings. The molecule has 1 N–H and O–H groups in total. The fraction of sp³-hybridized carbons (Fsp3) is 0.0500. The summed E-state index contributed by atoms with van der Waals surface area (Å²) in [6.45, 7) is 0. The number of carbonyl (C=O) groups excluding carboxylic acids is 1. The van der Waals surface area contributed by atoms with Crippen LogP contribution in [-0.4, -0.2) is 21.6 Å². The Labute approximate surface area is 159 Å². The minimum atomic E-state index is -0.0887. The number of anilines is 1. The first-order chi connectivity index (χ1) is 12.8. The molecule has 4 nitrogen and oxygen atoms in total. The molecule has 128 valence electrons. The Morgan fingerprint density at radius 1 is 0.962 bits per heavy atom. The number of hydrogen-bond donors (Lipinski definition) is 1. The fourth-order valence-electron chi connectivity index (χ4n) is 2.49. The maximum Gasteiger partial charge on any atom is 0.235 e. The molecule has 4 aromatic rings. The van der Waals surface area contributed by atoms with Gasteiger partial charge in [0.05, 0.1) is 16.0 Å². The van der Waals surface area contributed by atoms with Gasteiger partial charge in [-0.1, -0.05) is 54.2 Å². The lowest BCUT2D eigenvalue weighted by Crippen LogP contribution is -2.14. The zero-order valence-corrected chi connectivity index (χ0v) is 15.4. The lowest BCUT2D eigenvalue weighted by molar-refractivity contribution is -0.113. The van der Waals surface area contributed by atoms with Crippen LogP contribution < -0.4 is 5.32 Å². The highest BCUT2D eigenvalue weighted by atomic mass is 32.2. The second-order valence-corrected chi connectivity index (χ2v) is 7.84. The molecule has 2 aromatic heterocycles. The van der Waals surface area contributed by atoms with E-state index in [0.29, 0.717) is 11.6 Å². The quantitative estimate of drug-likeness (QED) is 0.492. The molecule has 0 aliphatic heterocycles. The summed E-state index contributed by atoms with van der Waals surface area (Å²) in [5, 5.41) is 2.83. The van der Waals surface area contributed by atoms with Crippen LogP contribution in [-0.2, 0) is 4.79 Å². The van der Waals surface area contributed by atoms with Gasteiger partial charge in [0.25, 0.3) is 0 Å². The van der Waals surface area contributed by atoms with Crippen LogP contribution in [0.25, 0.3) is 21.3 Å². The summed E-state index contributed by atoms with van der Waals surface area (Å²) < 4.78 is 2.03. The number of thiazole rings is 1. The largest absolute Gasteiger partial charge is 0.310 e. The predicted molar refractivity (Wildman–Crippen MR) is 109 cm³/mol. The van der Waals surface area contributed by atoms with Gasteiger partial charge >= 0.3 is 0 Å². The third-order valence-electron chi connectivity index (χ3n) is 3.74. The van der Waals surface area contributed by atoms with Crippen molar-refractivity contribution in [3.8, 4) is 11.1 Å². The van der Waals surface area contributed by atoms with Gasteiger partial charge in [-0.25, -0.2) is 9.97 Å². The van der Waals surface area contributed by atoms with E-state index in [1.807, 2.05) is 66.7 Å². The molecule has 0 saturated heterocycles. The topological polar surface area (TPSA) is 54.9 Å². The van der Waals surface area contributed by atoms with Gasteiger partial charge in [-0.15, -0.1) is 11.3 Å². The summed E-state index contributed by atoms with van der Waals surface area (Å²) in [4.78, 5) is 21.0. The highest BCUT2D eigenvalue weighted by Crippen LogP contribution is 2.29. The first kappa shape index (κ1) is 16.8. The number of nitrogens with one attached hydrogen (secondary N) is 1. The van der Waals surface area contributed by atoms with E-state index < -0.39 is 0 Å². The van der Waals surface area contributed by atoms with Crippen molar-refractivity contribution in [2.75, 3.05) is 11.1 Å². The molecular formula is C20H15N3OS2. The summed E-state index contributed by atoms with van der Waals surface area (Å²) in [6.07, 6.45) is 1.77. The molecule has 6 heteroatoms. The highest BCUT2D eigenvalue weighted by molar-refractivity contribution is 8.01. The number of fused-ring (bicyclic) bond motifs is 1. The number of benzene rings is 2. The molecule has 0 unspecified atom stereocenters. The summed E-state index contributed by atoms with van der Waals surface area (Å²) in [7, 11) is 0. The number of para-hydroxylation sites is 1. The molecule has 0 aliphatic carbocycles. The first-order valence-electron chi connectivity index (χ1n) is 8.08. The molecule has 2 aromatic carbocycles. The van der Waals surface area contributed by atoms with Crippen LogP contribution in [0, 0.1) is 0 Å². The van der Waals surface area contributed by atoms with Crippen LogP contribution in [0.5, 0.6) is 0 Å². The minimum absolute atomic E-state index is 0.0887. The minimum Gasteiger partial charge on any atom is -0.310 e. The average molecular weight is 377 g/mol. The zero-order valence-electron chi connectivity index (χ0n) is 13.8. The average Bonchev–Trinajstić information content (AvgIpc) is 3.11. The van der Waals surface area contributed by atoms with Crippen molar-refractivity contribution in [2.45, 2.75) is 4.34 Å². The zero-order chi connectivity index (χ0) is 17.8. The maximum atomic E-state index is 12.2. The predicted octanol–water partition coefficient (Wildman–Crippen LogP) is 5.09. The Morgan fingerprint density at radius 2 is 1.77 bits per heavy atom. The lowest BCUT2D eigenvalue weighted by Gasteiger charge is -2.05. The number of carbonyl (C=O) groups is 1. The third kappa shape index (κ3) is 3.92. The van der Waals surface area contributed by atoms with Crippen LogP contribution in [0.2, 0.25) is 0 Å². The van der Waals surface area contributed by atoms with Crippen molar-refractivity contribution < 1.29 is 4.79 Å². The van der Waals surface area contributed by atoms with Gasteiger partial charge in [-0.2, -0.15) is 0 Å². The Hall–Kier alpha value is -2.70. The number of aromatic nitrogens is 2. The van der Waals surface area contributed by atoms with Crippen LogP contribution in [0.1, 0.15) is 0 Å². The number of rotatable bonds is 5. The Balaban J connectivity index is 1.35. The molecule has 0 bridgehead atoms. The molecule has 0 radical (unpaired) electrons. The lowest BCUT2D eigenvalue weighted by atomic mass is 10.1. The molecule has 26 heavy (non-hydrogen) atoms. The van der Waals surface area contributed by atoms with E-state index in [9.17, 15) is 4.79 Å². The molecule has 0 saturated carbocycles. The maximum absolute atomic E-state index is 12.2. The smallest absolute Gasteiger partial charge is 0.235 e. The molecule has 4 rings (SSSR count). The van der Waals surface area contributed by atoms with Gasteiger partial charge < -0.3 is 5.32 Å². The van der Waals surface area contributed by atoms with Gasteiger partial charge in [0.15, 0.2) is 4.34 Å². The van der Waals surface area contributed by atoms with Gasteiger partial charge in [0.1, 0.15) is 5.82 Å². The van der Waals surface area contributed by atoms with Crippen molar-refractivity contribution in [3.05, 3.63) is 72.9 Å². The second-order valence-electron chi connectivity index (χ2n) is 5.58. The summed E-state index contributed by atoms with van der Waals surface area (Å²) in [5.41, 5.74) is 3.09. The molecule has 2 heterocycles. The van der Waals surface area contributed by atoms with Crippen LogP contribution >= 0.6 is 23.1 Å². The molecule has 1 amide bonds. The van der Waals surface area contributed by atoms with E-state index in [2.05, 4.69) is 15.3 Å². The summed E-state index contributed by atoms with van der Waals surface area (Å²) in [5.74, 6) is 0.774. The van der Waals surface area contributed by atoms with Crippen molar-refractivity contribution in [1.82, 2.24) is 9.97 Å². The van der Waals surface area contributed by atoms with E-state index in [-0.39, 0.29) is 5.91 Å². The Morgan fingerprint density at radius 3 is 2.54 bits per heavy atom. The van der Waals surface area contributed by atoms with Gasteiger partial charge in [0, 0.05) is 11.8 Å². The number of nitrogens with zero attached hydrogens (tertiary/aromatic N) is 2. The first-order valence-corrected chi connectivity index (χ1v) is 9.88. The van der Waals surface area contributed by atoms with E-state index in [0.717, 1.165) is 25.7 Å². The number of pyridine rings is 1. The third-order valence-corrected chi connectivity index (χ3v) is 5.92. The monoisotopic (exact) mass is 377 g/mol. The fourth-order valence-corrected chi connectivity index (χ4v) is 4.36. The van der Waals surface area contributed by atoms with E-state index in [1.165, 1.54) is 11.8 Å². The van der Waals surface area contributed by atoms with E-state index in [4.69, 9.17) is 0 Å². The van der Waals surface area contributed by atoms with Crippen LogP contribution in [0.4, 0.5) is 5.82 Å². The Kier molecular flexibility index (Phi) is 4.95. The van der Waals surface area contributed by atoms with E-state index in [1.54, 1.807) is 17.5 Å². The van der Waals surface area contributed by atoms with Gasteiger partial charge in [-0.05, 0) is 29.8 Å². The molecule has 0 spiro atoms.